The molecule has 0 saturated carbocycles. The first-order valence-electron chi connectivity index (χ1n) is 6.29. The van der Waals surface area contributed by atoms with Crippen LogP contribution in [0.3, 0.4) is 0 Å². The Labute approximate surface area is 107 Å². The number of carbonyl (C=O) groups is 1. The number of rotatable bonds is 5. The van der Waals surface area contributed by atoms with E-state index >= 15 is 0 Å². The molecule has 2 N–H and O–H groups in total. The molecule has 0 bridgehead atoms. The highest BCUT2D eigenvalue weighted by Crippen LogP contribution is 2.24. The Hall–Kier alpha value is -1.58. The second kappa shape index (κ2) is 5.85. The molecule has 0 fully saturated rings. The number of aromatic hydroxyl groups is 1. The van der Waals surface area contributed by atoms with Crippen LogP contribution >= 0.6 is 0 Å². The van der Waals surface area contributed by atoms with Gasteiger partial charge in [-0.3, -0.25) is 4.79 Å². The fourth-order valence-electron chi connectivity index (χ4n) is 2.06. The monoisotopic (exact) mass is 253 g/mol. The number of benzene rings is 1. The molecular formula is C14H20FNO2. The van der Waals surface area contributed by atoms with Gasteiger partial charge < -0.3 is 10.4 Å². The quantitative estimate of drug-likeness (QED) is 0.846. The lowest BCUT2D eigenvalue weighted by Gasteiger charge is -2.31. The van der Waals surface area contributed by atoms with Gasteiger partial charge in [0.25, 0.3) is 5.91 Å². The Balaban J connectivity index is 3.02. The number of amides is 1. The summed E-state index contributed by atoms with van der Waals surface area (Å²) >= 11 is 0. The minimum Gasteiger partial charge on any atom is -0.507 e. The third kappa shape index (κ3) is 2.81. The first-order valence-corrected chi connectivity index (χ1v) is 6.29. The average Bonchev–Trinajstić information content (AvgIpc) is 2.36. The second-order valence-electron chi connectivity index (χ2n) is 4.43. The van der Waals surface area contributed by atoms with Gasteiger partial charge in [-0.1, -0.05) is 26.8 Å². The van der Waals surface area contributed by atoms with Crippen LogP contribution in [-0.2, 0) is 0 Å². The van der Waals surface area contributed by atoms with Gasteiger partial charge in [0.05, 0.1) is 0 Å². The molecule has 0 aromatic heterocycles. The van der Waals surface area contributed by atoms with Crippen LogP contribution in [0.4, 0.5) is 4.39 Å². The van der Waals surface area contributed by atoms with Gasteiger partial charge in [0, 0.05) is 5.54 Å². The van der Waals surface area contributed by atoms with Crippen molar-refractivity contribution >= 4 is 5.91 Å². The molecule has 0 spiro atoms. The van der Waals surface area contributed by atoms with Crippen LogP contribution in [0.2, 0.25) is 0 Å². The third-order valence-electron chi connectivity index (χ3n) is 3.63. The maximum absolute atomic E-state index is 13.6. The second-order valence-corrected chi connectivity index (χ2v) is 4.43. The van der Waals surface area contributed by atoms with Crippen molar-refractivity contribution in [3.63, 3.8) is 0 Å². The average molecular weight is 253 g/mol. The van der Waals surface area contributed by atoms with Crippen LogP contribution in [0.1, 0.15) is 50.4 Å². The van der Waals surface area contributed by atoms with Gasteiger partial charge in [-0.15, -0.1) is 0 Å². The van der Waals surface area contributed by atoms with Crippen molar-refractivity contribution < 1.29 is 14.3 Å². The fourth-order valence-corrected chi connectivity index (χ4v) is 2.06. The Kier molecular flexibility index (Phi) is 4.70. The lowest BCUT2D eigenvalue weighted by atomic mass is 9.89. The van der Waals surface area contributed by atoms with Crippen LogP contribution < -0.4 is 5.32 Å². The zero-order valence-corrected chi connectivity index (χ0v) is 11.1. The molecule has 0 atom stereocenters. The SMILES string of the molecule is CCC(CC)(CC)NC(=O)c1c(O)cccc1F. The highest BCUT2D eigenvalue weighted by atomic mass is 19.1. The molecule has 3 nitrogen and oxygen atoms in total. The van der Waals surface area contributed by atoms with Crippen LogP contribution in [0.5, 0.6) is 5.75 Å². The van der Waals surface area contributed by atoms with E-state index in [1.54, 1.807) is 0 Å². The molecule has 18 heavy (non-hydrogen) atoms. The van der Waals surface area contributed by atoms with Crippen LogP contribution in [-0.4, -0.2) is 16.6 Å². The molecule has 4 heteroatoms. The summed E-state index contributed by atoms with van der Waals surface area (Å²) < 4.78 is 13.6. The third-order valence-corrected chi connectivity index (χ3v) is 3.63. The van der Waals surface area contributed by atoms with E-state index in [-0.39, 0.29) is 16.9 Å². The Morgan fingerprint density at radius 3 is 2.28 bits per heavy atom. The zero-order chi connectivity index (χ0) is 13.8. The smallest absolute Gasteiger partial charge is 0.258 e. The summed E-state index contributed by atoms with van der Waals surface area (Å²) in [5.41, 5.74) is -0.622. The number of halogens is 1. The number of hydrogen-bond acceptors (Lipinski definition) is 2. The minimum absolute atomic E-state index is 0.280. The Morgan fingerprint density at radius 1 is 1.28 bits per heavy atom. The van der Waals surface area contributed by atoms with Gasteiger partial charge >= 0.3 is 0 Å². The highest BCUT2D eigenvalue weighted by molar-refractivity contribution is 5.97. The van der Waals surface area contributed by atoms with Crippen molar-refractivity contribution in [1.82, 2.24) is 5.32 Å². The summed E-state index contributed by atoms with van der Waals surface area (Å²) in [7, 11) is 0. The summed E-state index contributed by atoms with van der Waals surface area (Å²) in [4.78, 5) is 12.1. The maximum atomic E-state index is 13.6. The largest absolute Gasteiger partial charge is 0.507 e. The molecule has 0 heterocycles. The van der Waals surface area contributed by atoms with E-state index in [4.69, 9.17) is 0 Å². The molecule has 1 amide bonds. The predicted molar refractivity (Wildman–Crippen MR) is 69.1 cm³/mol. The van der Waals surface area contributed by atoms with Crippen molar-refractivity contribution in [2.24, 2.45) is 0 Å². The van der Waals surface area contributed by atoms with Crippen LogP contribution in [0, 0.1) is 5.82 Å². The molecule has 1 aromatic carbocycles. The normalized spacial score (nSPS) is 11.3. The molecule has 0 aliphatic heterocycles. The first-order chi connectivity index (χ1) is 8.49. The molecular weight excluding hydrogens is 233 g/mol. The van der Waals surface area contributed by atoms with Gasteiger partial charge in [-0.25, -0.2) is 4.39 Å². The lowest BCUT2D eigenvalue weighted by Crippen LogP contribution is -2.47. The van der Waals surface area contributed by atoms with E-state index < -0.39 is 11.7 Å². The summed E-state index contributed by atoms with van der Waals surface area (Å²) in [6.07, 6.45) is 2.29. The fraction of sp³-hybridized carbons (Fsp3) is 0.500. The number of phenols is 1. The standard InChI is InChI=1S/C14H20FNO2/c1-4-14(5-2,6-3)16-13(18)12-10(15)8-7-9-11(12)17/h7-9,17H,4-6H2,1-3H3,(H,16,18). The molecule has 0 aliphatic carbocycles. The van der Waals surface area contributed by atoms with E-state index in [0.29, 0.717) is 0 Å². The summed E-state index contributed by atoms with van der Waals surface area (Å²) in [5, 5.41) is 12.4. The number of phenolic OH excluding ortho intramolecular Hbond substituents is 1. The molecule has 0 aliphatic rings. The summed E-state index contributed by atoms with van der Waals surface area (Å²) in [6, 6.07) is 3.85. The molecule has 1 aromatic rings. The van der Waals surface area contributed by atoms with Gasteiger partial charge in [-0.2, -0.15) is 0 Å². The zero-order valence-electron chi connectivity index (χ0n) is 11.1. The van der Waals surface area contributed by atoms with Gasteiger partial charge in [0.2, 0.25) is 0 Å². The first kappa shape index (κ1) is 14.5. The molecule has 0 saturated heterocycles. The Bertz CT molecular complexity index is 399. The van der Waals surface area contributed by atoms with Gasteiger partial charge in [-0.05, 0) is 31.4 Å². The van der Waals surface area contributed by atoms with Crippen LogP contribution in [0.15, 0.2) is 18.2 Å². The van der Waals surface area contributed by atoms with E-state index in [9.17, 15) is 14.3 Å². The molecule has 1 rings (SSSR count). The van der Waals surface area contributed by atoms with Crippen molar-refractivity contribution in [2.45, 2.75) is 45.6 Å². The Morgan fingerprint density at radius 2 is 1.83 bits per heavy atom. The van der Waals surface area contributed by atoms with Crippen molar-refractivity contribution in [2.75, 3.05) is 0 Å². The lowest BCUT2D eigenvalue weighted by molar-refractivity contribution is 0.0881. The van der Waals surface area contributed by atoms with E-state index in [2.05, 4.69) is 5.32 Å². The summed E-state index contributed by atoms with van der Waals surface area (Å²) in [6.45, 7) is 5.94. The number of nitrogens with one attached hydrogen (secondary N) is 1. The number of hydrogen-bond donors (Lipinski definition) is 2. The van der Waals surface area contributed by atoms with E-state index in [1.165, 1.54) is 18.2 Å². The van der Waals surface area contributed by atoms with Crippen molar-refractivity contribution in [3.05, 3.63) is 29.6 Å². The number of carbonyl (C=O) groups excluding carboxylic acids is 1. The molecule has 100 valence electrons. The van der Waals surface area contributed by atoms with Crippen LogP contribution in [0.25, 0.3) is 0 Å². The van der Waals surface area contributed by atoms with Crippen molar-refractivity contribution in [3.8, 4) is 5.75 Å². The maximum Gasteiger partial charge on any atom is 0.258 e. The predicted octanol–water partition coefficient (Wildman–Crippen LogP) is 3.23. The van der Waals surface area contributed by atoms with E-state index in [0.717, 1.165) is 19.3 Å². The summed E-state index contributed by atoms with van der Waals surface area (Å²) in [5.74, 6) is -1.59. The highest BCUT2D eigenvalue weighted by Gasteiger charge is 2.28. The molecule has 0 unspecified atom stereocenters. The van der Waals surface area contributed by atoms with E-state index in [1.807, 2.05) is 20.8 Å². The topological polar surface area (TPSA) is 49.3 Å². The van der Waals surface area contributed by atoms with Gasteiger partial charge in [0.15, 0.2) is 0 Å². The van der Waals surface area contributed by atoms with Crippen molar-refractivity contribution in [1.29, 1.82) is 0 Å². The molecule has 0 radical (unpaired) electrons. The minimum atomic E-state index is -0.704. The van der Waals surface area contributed by atoms with Gasteiger partial charge in [0.1, 0.15) is 17.1 Å².